The number of nitrogens with zero attached hydrogens (tertiary/aromatic N) is 2. The van der Waals surface area contributed by atoms with Crippen LogP contribution in [0.2, 0.25) is 0 Å². The van der Waals surface area contributed by atoms with Gasteiger partial charge in [-0.1, -0.05) is 40.9 Å². The molecule has 2 fully saturated rings. The molecule has 1 atom stereocenters. The topological polar surface area (TPSA) is 108 Å². The summed E-state index contributed by atoms with van der Waals surface area (Å²) < 4.78 is 28.0. The van der Waals surface area contributed by atoms with Crippen LogP contribution in [-0.4, -0.2) is 57.4 Å². The molecular weight excluding hydrogens is 528 g/mol. The number of anilines is 1. The number of piperidine rings is 1. The van der Waals surface area contributed by atoms with E-state index in [1.807, 2.05) is 11.0 Å². The fraction of sp³-hybridized carbons (Fsp3) is 0.333. The van der Waals surface area contributed by atoms with Crippen molar-refractivity contribution in [1.29, 1.82) is 0 Å². The second-order valence-corrected chi connectivity index (χ2v) is 11.9. The Morgan fingerprint density at radius 1 is 0.900 bits per heavy atom. The van der Waals surface area contributed by atoms with Crippen LogP contribution in [0.25, 0.3) is 0 Å². The molecular formula is C30H34N4O5S. The Balaban J connectivity index is 1.20. The van der Waals surface area contributed by atoms with Crippen LogP contribution in [0.1, 0.15) is 36.0 Å². The molecule has 3 aromatic rings. The molecule has 2 N–H and O–H groups in total. The second kappa shape index (κ2) is 12.5. The van der Waals surface area contributed by atoms with E-state index < -0.39 is 15.9 Å². The van der Waals surface area contributed by atoms with E-state index in [9.17, 15) is 18.0 Å². The normalized spacial score (nSPS) is 17.8. The van der Waals surface area contributed by atoms with E-state index in [-0.39, 0.29) is 22.9 Å². The van der Waals surface area contributed by atoms with Crippen molar-refractivity contribution in [1.82, 2.24) is 15.5 Å². The Morgan fingerprint density at radius 3 is 2.17 bits per heavy atom. The van der Waals surface area contributed by atoms with Crippen molar-refractivity contribution in [2.24, 2.45) is 5.92 Å². The highest BCUT2D eigenvalue weighted by atomic mass is 32.2. The second-order valence-electron chi connectivity index (χ2n) is 10.1. The van der Waals surface area contributed by atoms with Crippen molar-refractivity contribution >= 4 is 27.5 Å². The summed E-state index contributed by atoms with van der Waals surface area (Å²) in [4.78, 5) is 33.0. The number of hydrogen-bond donors (Lipinski definition) is 2. The van der Waals surface area contributed by atoms with Gasteiger partial charge in [-0.25, -0.2) is 0 Å². The summed E-state index contributed by atoms with van der Waals surface area (Å²) in [7, 11) is -4.13. The van der Waals surface area contributed by atoms with Gasteiger partial charge in [0.25, 0.3) is 15.9 Å². The van der Waals surface area contributed by atoms with Crippen LogP contribution in [0.4, 0.5) is 5.69 Å². The summed E-state index contributed by atoms with van der Waals surface area (Å²) in [6.45, 7) is 2.38. The third kappa shape index (κ3) is 6.46. The Bertz CT molecular complexity index is 1390. The summed E-state index contributed by atoms with van der Waals surface area (Å²) in [5, 5.41) is 6.23. The summed E-state index contributed by atoms with van der Waals surface area (Å²) in [6, 6.07) is 23.3. The minimum atomic E-state index is -4.13. The van der Waals surface area contributed by atoms with Gasteiger partial charge in [0.2, 0.25) is 5.91 Å². The highest BCUT2D eigenvalue weighted by molar-refractivity contribution is 7.92. The number of carbonyl (C=O) groups is 2. The molecule has 2 amide bonds. The summed E-state index contributed by atoms with van der Waals surface area (Å²) in [5.41, 5.74) is 0.586. The van der Waals surface area contributed by atoms with Crippen molar-refractivity contribution < 1.29 is 22.8 Å². The molecule has 9 nitrogen and oxygen atoms in total. The molecule has 0 spiro atoms. The lowest BCUT2D eigenvalue weighted by Crippen LogP contribution is -2.46. The van der Waals surface area contributed by atoms with Crippen LogP contribution >= 0.6 is 0 Å². The van der Waals surface area contributed by atoms with E-state index in [1.165, 1.54) is 37.1 Å². The number of sulfonamides is 1. The predicted octanol–water partition coefficient (Wildman–Crippen LogP) is 3.60. The van der Waals surface area contributed by atoms with Gasteiger partial charge in [-0.15, -0.1) is 0 Å². The van der Waals surface area contributed by atoms with Crippen LogP contribution in [0.5, 0.6) is 5.75 Å². The lowest BCUT2D eigenvalue weighted by atomic mass is 9.88. The van der Waals surface area contributed by atoms with Crippen LogP contribution < -0.4 is 19.9 Å². The lowest BCUT2D eigenvalue weighted by molar-refractivity contribution is -0.131. The fourth-order valence-corrected chi connectivity index (χ4v) is 6.53. The fourth-order valence-electron chi connectivity index (χ4n) is 5.28. The van der Waals surface area contributed by atoms with Gasteiger partial charge in [-0.05, 0) is 86.7 Å². The van der Waals surface area contributed by atoms with Gasteiger partial charge in [0, 0.05) is 24.7 Å². The van der Waals surface area contributed by atoms with Gasteiger partial charge >= 0.3 is 0 Å². The number of rotatable bonds is 9. The Hall–Kier alpha value is -3.89. The molecule has 0 bridgehead atoms. The van der Waals surface area contributed by atoms with Crippen LogP contribution in [0.3, 0.4) is 0 Å². The number of benzene rings is 3. The van der Waals surface area contributed by atoms with Gasteiger partial charge in [0.15, 0.2) is 5.75 Å². The summed E-state index contributed by atoms with van der Waals surface area (Å²) >= 11 is 0. The number of carbonyl (C=O) groups excluding carboxylic acids is 2. The molecule has 3 aromatic carbocycles. The maximum Gasteiger partial charge on any atom is 0.295 e. The zero-order chi connectivity index (χ0) is 28.0. The van der Waals surface area contributed by atoms with E-state index >= 15 is 0 Å². The Kier molecular flexibility index (Phi) is 8.66. The standard InChI is InChI=1S/C30H34N4O5S/c35-29(33-20-17-23(18-21-33)28-12-7-19-31-28)22-32-30(36)24-13-15-27(16-14-24)40(37,38)34(25-8-3-1-4-9-25)39-26-10-5-2-6-11-26/h1-6,8-11,13-16,23,28,31H,7,12,17-22H2,(H,32,36). The molecule has 2 saturated heterocycles. The number of para-hydroxylation sites is 2. The molecule has 210 valence electrons. The van der Waals surface area contributed by atoms with E-state index in [1.54, 1.807) is 54.6 Å². The maximum atomic E-state index is 13.6. The zero-order valence-corrected chi connectivity index (χ0v) is 23.1. The molecule has 0 aromatic heterocycles. The summed E-state index contributed by atoms with van der Waals surface area (Å²) in [5.74, 6) is 0.409. The minimum absolute atomic E-state index is 0.0421. The minimum Gasteiger partial charge on any atom is -0.364 e. The van der Waals surface area contributed by atoms with Crippen LogP contribution in [0, 0.1) is 5.92 Å². The van der Waals surface area contributed by atoms with Crippen molar-refractivity contribution in [3.8, 4) is 5.75 Å². The van der Waals surface area contributed by atoms with Crippen molar-refractivity contribution in [2.75, 3.05) is 30.6 Å². The van der Waals surface area contributed by atoms with Gasteiger partial charge in [-0.2, -0.15) is 8.42 Å². The smallest absolute Gasteiger partial charge is 0.295 e. The Morgan fingerprint density at radius 2 is 1.55 bits per heavy atom. The first-order chi connectivity index (χ1) is 19.4. The number of amides is 2. The van der Waals surface area contributed by atoms with Gasteiger partial charge in [0.1, 0.15) is 0 Å². The first-order valence-corrected chi connectivity index (χ1v) is 15.1. The molecule has 10 heteroatoms. The SMILES string of the molecule is O=C(NCC(=O)N1CCC(C2CCCN2)CC1)c1ccc(S(=O)(=O)N(Oc2ccccc2)c2ccccc2)cc1. The van der Waals surface area contributed by atoms with E-state index in [0.29, 0.717) is 36.5 Å². The quantitative estimate of drug-likeness (QED) is 0.386. The highest BCUT2D eigenvalue weighted by Crippen LogP contribution is 2.27. The average Bonchev–Trinajstić information content (AvgIpc) is 3.55. The van der Waals surface area contributed by atoms with Crippen molar-refractivity contribution in [2.45, 2.75) is 36.6 Å². The molecule has 1 unspecified atom stereocenters. The van der Waals surface area contributed by atoms with Crippen LogP contribution in [0.15, 0.2) is 89.8 Å². The summed E-state index contributed by atoms with van der Waals surface area (Å²) in [6.07, 6.45) is 4.37. The number of hydrogen-bond acceptors (Lipinski definition) is 6. The third-order valence-electron chi connectivity index (χ3n) is 7.49. The number of nitrogens with one attached hydrogen (secondary N) is 2. The molecule has 2 aliphatic heterocycles. The third-order valence-corrected chi connectivity index (χ3v) is 9.08. The van der Waals surface area contributed by atoms with Gasteiger partial charge in [0.05, 0.1) is 17.1 Å². The maximum absolute atomic E-state index is 13.6. The molecule has 0 radical (unpaired) electrons. The van der Waals surface area contributed by atoms with Gasteiger partial charge in [-0.3, -0.25) is 9.59 Å². The van der Waals surface area contributed by atoms with E-state index in [4.69, 9.17) is 4.84 Å². The van der Waals surface area contributed by atoms with Gasteiger partial charge < -0.3 is 20.4 Å². The molecule has 2 heterocycles. The zero-order valence-electron chi connectivity index (χ0n) is 22.2. The van der Waals surface area contributed by atoms with Crippen molar-refractivity contribution in [3.05, 3.63) is 90.5 Å². The number of likely N-dealkylation sites (tertiary alicyclic amines) is 1. The molecule has 0 aliphatic carbocycles. The van der Waals surface area contributed by atoms with E-state index in [2.05, 4.69) is 10.6 Å². The monoisotopic (exact) mass is 562 g/mol. The predicted molar refractivity (Wildman–Crippen MR) is 152 cm³/mol. The Labute approximate surface area is 235 Å². The molecule has 2 aliphatic rings. The largest absolute Gasteiger partial charge is 0.364 e. The highest BCUT2D eigenvalue weighted by Gasteiger charge is 2.30. The lowest BCUT2D eigenvalue weighted by Gasteiger charge is -2.35. The van der Waals surface area contributed by atoms with Crippen molar-refractivity contribution in [3.63, 3.8) is 0 Å². The molecule has 0 saturated carbocycles. The molecule has 5 rings (SSSR count). The first kappa shape index (κ1) is 27.7. The average molecular weight is 563 g/mol. The first-order valence-electron chi connectivity index (χ1n) is 13.6. The van der Waals surface area contributed by atoms with E-state index in [0.717, 1.165) is 23.9 Å². The van der Waals surface area contributed by atoms with Crippen LogP contribution in [-0.2, 0) is 14.8 Å². The molecule has 40 heavy (non-hydrogen) atoms.